The third kappa shape index (κ3) is 2.92. The van der Waals surface area contributed by atoms with Gasteiger partial charge < -0.3 is 5.84 Å². The average Bonchev–Trinajstić information content (AvgIpc) is 3.32. The first-order valence-corrected chi connectivity index (χ1v) is 9.19. The van der Waals surface area contributed by atoms with E-state index < -0.39 is 12.0 Å². The number of halogens is 3. The molecule has 0 atom stereocenters. The zero-order chi connectivity index (χ0) is 19.3. The number of alkyl halides is 3. The van der Waals surface area contributed by atoms with Crippen molar-refractivity contribution >= 4 is 28.7 Å². The van der Waals surface area contributed by atoms with E-state index in [-0.39, 0.29) is 5.65 Å². The SMILES string of the molecule is Cc1c(Sc2nnc(-c3cccs3)n2N)nn2c(C(F)(F)F)nnc2c1C. The van der Waals surface area contributed by atoms with Crippen LogP contribution in [0.4, 0.5) is 13.2 Å². The number of nitrogens with two attached hydrogens (primary N) is 1. The minimum Gasteiger partial charge on any atom is -0.335 e. The van der Waals surface area contributed by atoms with Crippen molar-refractivity contribution in [3.05, 3.63) is 34.5 Å². The van der Waals surface area contributed by atoms with Gasteiger partial charge in [0, 0.05) is 5.56 Å². The van der Waals surface area contributed by atoms with Crippen molar-refractivity contribution < 1.29 is 13.2 Å². The van der Waals surface area contributed by atoms with Crippen LogP contribution in [-0.4, -0.2) is 34.7 Å². The van der Waals surface area contributed by atoms with Crippen LogP contribution in [-0.2, 0) is 6.18 Å². The molecule has 0 saturated heterocycles. The summed E-state index contributed by atoms with van der Waals surface area (Å²) in [4.78, 5) is 0.825. The topological polar surface area (TPSA) is 99.8 Å². The van der Waals surface area contributed by atoms with Crippen molar-refractivity contribution in [3.63, 3.8) is 0 Å². The van der Waals surface area contributed by atoms with Crippen LogP contribution < -0.4 is 5.84 Å². The number of hydrogen-bond acceptors (Lipinski definition) is 8. The predicted octanol–water partition coefficient (Wildman–Crippen LogP) is 2.94. The lowest BCUT2D eigenvalue weighted by atomic mass is 10.2. The van der Waals surface area contributed by atoms with E-state index in [1.54, 1.807) is 13.8 Å². The summed E-state index contributed by atoms with van der Waals surface area (Å²) < 4.78 is 41.4. The van der Waals surface area contributed by atoms with E-state index in [1.165, 1.54) is 16.0 Å². The third-order valence-corrected chi connectivity index (χ3v) is 5.81. The van der Waals surface area contributed by atoms with E-state index in [4.69, 9.17) is 5.84 Å². The van der Waals surface area contributed by atoms with Gasteiger partial charge in [0.1, 0.15) is 5.03 Å². The van der Waals surface area contributed by atoms with E-state index >= 15 is 0 Å². The van der Waals surface area contributed by atoms with Crippen molar-refractivity contribution in [1.29, 1.82) is 0 Å². The highest BCUT2D eigenvalue weighted by Crippen LogP contribution is 2.34. The molecular weight excluding hydrogens is 401 g/mol. The fraction of sp³-hybridized carbons (Fsp3) is 0.214. The molecule has 0 fully saturated rings. The van der Waals surface area contributed by atoms with Crippen LogP contribution in [0.1, 0.15) is 17.0 Å². The maximum Gasteiger partial charge on any atom is 0.453 e. The number of rotatable bonds is 3. The minimum atomic E-state index is -4.67. The minimum absolute atomic E-state index is 0.0534. The largest absolute Gasteiger partial charge is 0.453 e. The van der Waals surface area contributed by atoms with Crippen molar-refractivity contribution in [2.75, 3.05) is 5.84 Å². The summed E-state index contributed by atoms with van der Waals surface area (Å²) in [6.07, 6.45) is -4.67. The quantitative estimate of drug-likeness (QED) is 0.517. The van der Waals surface area contributed by atoms with Gasteiger partial charge in [0.2, 0.25) is 5.16 Å². The molecule has 8 nitrogen and oxygen atoms in total. The van der Waals surface area contributed by atoms with Gasteiger partial charge in [-0.15, -0.1) is 31.7 Å². The molecule has 0 bridgehead atoms. The molecule has 0 spiro atoms. The van der Waals surface area contributed by atoms with Gasteiger partial charge in [-0.3, -0.25) is 0 Å². The van der Waals surface area contributed by atoms with Crippen LogP contribution in [0.15, 0.2) is 27.7 Å². The lowest BCUT2D eigenvalue weighted by Gasteiger charge is -2.10. The number of aryl methyl sites for hydroxylation is 1. The van der Waals surface area contributed by atoms with E-state index in [9.17, 15) is 13.2 Å². The molecule has 0 aliphatic heterocycles. The Balaban J connectivity index is 1.80. The lowest BCUT2D eigenvalue weighted by molar-refractivity contribution is -0.146. The summed E-state index contributed by atoms with van der Waals surface area (Å²) in [6.45, 7) is 3.40. The highest BCUT2D eigenvalue weighted by molar-refractivity contribution is 7.99. The van der Waals surface area contributed by atoms with Gasteiger partial charge >= 0.3 is 6.18 Å². The molecule has 4 rings (SSSR count). The Morgan fingerprint density at radius 1 is 1.11 bits per heavy atom. The maximum absolute atomic E-state index is 13.2. The highest BCUT2D eigenvalue weighted by atomic mass is 32.2. The fourth-order valence-electron chi connectivity index (χ4n) is 2.38. The lowest BCUT2D eigenvalue weighted by Crippen LogP contribution is -2.14. The second-order valence-electron chi connectivity index (χ2n) is 5.57. The summed E-state index contributed by atoms with van der Waals surface area (Å²) >= 11 is 2.47. The molecule has 13 heteroatoms. The molecule has 4 aromatic heterocycles. The van der Waals surface area contributed by atoms with E-state index in [1.807, 2.05) is 17.5 Å². The summed E-state index contributed by atoms with van der Waals surface area (Å²) in [5.41, 5.74) is 1.25. The Kier molecular flexibility index (Phi) is 4.07. The highest BCUT2D eigenvalue weighted by Gasteiger charge is 2.38. The molecule has 0 aliphatic rings. The molecule has 0 unspecified atom stereocenters. The molecule has 0 radical (unpaired) electrons. The van der Waals surface area contributed by atoms with Crippen molar-refractivity contribution in [2.24, 2.45) is 0 Å². The molecule has 0 aliphatic carbocycles. The predicted molar refractivity (Wildman–Crippen MR) is 92.9 cm³/mol. The number of hydrogen-bond donors (Lipinski definition) is 1. The number of nitrogens with zero attached hydrogens (tertiary/aromatic N) is 7. The molecule has 140 valence electrons. The monoisotopic (exact) mass is 412 g/mol. The second-order valence-corrected chi connectivity index (χ2v) is 7.47. The smallest absolute Gasteiger partial charge is 0.335 e. The Bertz CT molecular complexity index is 1130. The Morgan fingerprint density at radius 2 is 1.89 bits per heavy atom. The molecular formula is C14H11F3N8S2. The summed E-state index contributed by atoms with van der Waals surface area (Å²) in [6, 6.07) is 3.70. The second kappa shape index (κ2) is 6.20. The Labute approximate surface area is 158 Å². The van der Waals surface area contributed by atoms with Gasteiger partial charge in [0.25, 0.3) is 5.82 Å². The summed E-state index contributed by atoms with van der Waals surface area (Å²) in [7, 11) is 0. The number of nitrogen functional groups attached to an aromatic ring is 1. The van der Waals surface area contributed by atoms with Gasteiger partial charge in [0.15, 0.2) is 11.5 Å². The average molecular weight is 412 g/mol. The van der Waals surface area contributed by atoms with Crippen molar-refractivity contribution in [1.82, 2.24) is 34.7 Å². The van der Waals surface area contributed by atoms with Crippen LogP contribution in [0.5, 0.6) is 0 Å². The standard InChI is InChI=1S/C14H11F3N8S2/c1-6-7(2)11(23-25-9(6)19-21-12(25)14(15,16)17)27-13-22-20-10(24(13)18)8-4-3-5-26-8/h3-5H,18H2,1-2H3. The van der Waals surface area contributed by atoms with Gasteiger partial charge in [-0.25, -0.2) is 4.68 Å². The first-order chi connectivity index (χ1) is 12.8. The van der Waals surface area contributed by atoms with Crippen molar-refractivity contribution in [2.45, 2.75) is 30.2 Å². The molecule has 2 N–H and O–H groups in total. The third-order valence-electron chi connectivity index (χ3n) is 3.90. The van der Waals surface area contributed by atoms with Crippen LogP contribution >= 0.6 is 23.1 Å². The summed E-state index contributed by atoms with van der Waals surface area (Å²) in [5.74, 6) is 5.34. The molecule has 4 heterocycles. The molecule has 0 aromatic carbocycles. The van der Waals surface area contributed by atoms with Gasteiger partial charge in [0.05, 0.1) is 4.88 Å². The molecule has 27 heavy (non-hydrogen) atoms. The van der Waals surface area contributed by atoms with Crippen LogP contribution in [0.25, 0.3) is 16.3 Å². The normalized spacial score (nSPS) is 12.2. The van der Waals surface area contributed by atoms with Crippen molar-refractivity contribution in [3.8, 4) is 10.7 Å². The zero-order valence-electron chi connectivity index (χ0n) is 13.9. The fourth-order valence-corrected chi connectivity index (χ4v) is 3.96. The molecule has 4 aromatic rings. The van der Waals surface area contributed by atoms with Gasteiger partial charge in [-0.05, 0) is 42.6 Å². The van der Waals surface area contributed by atoms with Crippen LogP contribution in [0.2, 0.25) is 0 Å². The van der Waals surface area contributed by atoms with Gasteiger partial charge in [-0.1, -0.05) is 6.07 Å². The summed E-state index contributed by atoms with van der Waals surface area (Å²) in [5, 5.41) is 21.5. The molecule has 0 amide bonds. The van der Waals surface area contributed by atoms with Crippen LogP contribution in [0, 0.1) is 13.8 Å². The number of thiophene rings is 1. The Morgan fingerprint density at radius 3 is 2.56 bits per heavy atom. The molecule has 0 saturated carbocycles. The van der Waals surface area contributed by atoms with E-state index in [0.29, 0.717) is 31.6 Å². The zero-order valence-corrected chi connectivity index (χ0v) is 15.5. The number of fused-ring (bicyclic) bond motifs is 1. The van der Waals surface area contributed by atoms with Crippen LogP contribution in [0.3, 0.4) is 0 Å². The van der Waals surface area contributed by atoms with E-state index in [2.05, 4.69) is 25.5 Å². The van der Waals surface area contributed by atoms with Gasteiger partial charge in [-0.2, -0.15) is 22.8 Å². The van der Waals surface area contributed by atoms with E-state index in [0.717, 1.165) is 16.6 Å². The maximum atomic E-state index is 13.2. The Hall–Kier alpha value is -2.67. The first kappa shape index (κ1) is 17.7. The first-order valence-electron chi connectivity index (χ1n) is 7.49. The number of aromatic nitrogens is 7.